The Morgan fingerprint density at radius 3 is 2.79 bits per heavy atom. The first-order valence-electron chi connectivity index (χ1n) is 5.39. The van der Waals surface area contributed by atoms with Crippen molar-refractivity contribution in [3.05, 3.63) is 52.4 Å². The first-order chi connectivity index (χ1) is 8.97. The SMILES string of the molecule is Cc1ccc(Nc2cc(C(=O)O)c(Cl)cn2)cc1F. The van der Waals surface area contributed by atoms with E-state index in [1.54, 1.807) is 19.1 Å². The molecule has 1 aromatic carbocycles. The number of carboxylic acid groups (broad SMARTS) is 1. The molecule has 4 nitrogen and oxygen atoms in total. The summed E-state index contributed by atoms with van der Waals surface area (Å²) in [6.45, 7) is 1.65. The fraction of sp³-hybridized carbons (Fsp3) is 0.0769. The van der Waals surface area contributed by atoms with Crippen LogP contribution in [0.1, 0.15) is 15.9 Å². The molecule has 0 spiro atoms. The van der Waals surface area contributed by atoms with E-state index in [9.17, 15) is 9.18 Å². The van der Waals surface area contributed by atoms with Crippen molar-refractivity contribution < 1.29 is 14.3 Å². The predicted molar refractivity (Wildman–Crippen MR) is 70.6 cm³/mol. The van der Waals surface area contributed by atoms with Gasteiger partial charge in [0.2, 0.25) is 0 Å². The van der Waals surface area contributed by atoms with E-state index < -0.39 is 5.97 Å². The number of aryl methyl sites for hydroxylation is 1. The molecule has 1 heterocycles. The van der Waals surface area contributed by atoms with Gasteiger partial charge in [-0.2, -0.15) is 0 Å². The summed E-state index contributed by atoms with van der Waals surface area (Å²) in [7, 11) is 0. The number of pyridine rings is 1. The zero-order chi connectivity index (χ0) is 14.0. The van der Waals surface area contributed by atoms with Gasteiger partial charge < -0.3 is 10.4 Å². The van der Waals surface area contributed by atoms with Gasteiger partial charge in [-0.3, -0.25) is 0 Å². The number of carbonyl (C=O) groups is 1. The minimum absolute atomic E-state index is 0.0492. The number of hydrogen-bond acceptors (Lipinski definition) is 3. The van der Waals surface area contributed by atoms with Gasteiger partial charge >= 0.3 is 5.97 Å². The van der Waals surface area contributed by atoms with E-state index in [2.05, 4.69) is 10.3 Å². The number of anilines is 2. The number of rotatable bonds is 3. The minimum atomic E-state index is -1.15. The topological polar surface area (TPSA) is 62.2 Å². The number of halogens is 2. The molecule has 0 aliphatic heterocycles. The highest BCUT2D eigenvalue weighted by Gasteiger charge is 2.10. The monoisotopic (exact) mass is 280 g/mol. The Morgan fingerprint density at radius 2 is 2.16 bits per heavy atom. The second-order valence-corrected chi connectivity index (χ2v) is 4.35. The van der Waals surface area contributed by atoms with Crippen molar-refractivity contribution in [2.24, 2.45) is 0 Å². The number of hydrogen-bond donors (Lipinski definition) is 2. The number of nitrogens with one attached hydrogen (secondary N) is 1. The molecule has 0 bridgehead atoms. The third-order valence-corrected chi connectivity index (χ3v) is 2.83. The van der Waals surface area contributed by atoms with Gasteiger partial charge in [-0.25, -0.2) is 14.2 Å². The van der Waals surface area contributed by atoms with Crippen LogP contribution in [0.25, 0.3) is 0 Å². The van der Waals surface area contributed by atoms with Crippen LogP contribution in [0.3, 0.4) is 0 Å². The second kappa shape index (κ2) is 5.24. The Labute approximate surface area is 113 Å². The molecular weight excluding hydrogens is 271 g/mol. The van der Waals surface area contributed by atoms with Crippen LogP contribution in [0.15, 0.2) is 30.5 Å². The van der Waals surface area contributed by atoms with Crippen LogP contribution in [0.5, 0.6) is 0 Å². The maximum atomic E-state index is 13.4. The van der Waals surface area contributed by atoms with Gasteiger partial charge in [-0.15, -0.1) is 0 Å². The molecule has 0 saturated carbocycles. The molecule has 6 heteroatoms. The molecular formula is C13H10ClFN2O2. The molecule has 0 aliphatic carbocycles. The molecule has 2 N–H and O–H groups in total. The van der Waals surface area contributed by atoms with Crippen molar-refractivity contribution >= 4 is 29.1 Å². The van der Waals surface area contributed by atoms with Crippen molar-refractivity contribution in [1.29, 1.82) is 0 Å². The van der Waals surface area contributed by atoms with Crippen molar-refractivity contribution in [2.45, 2.75) is 6.92 Å². The zero-order valence-electron chi connectivity index (χ0n) is 9.95. The Morgan fingerprint density at radius 1 is 1.42 bits per heavy atom. The van der Waals surface area contributed by atoms with Gasteiger partial charge in [0.25, 0.3) is 0 Å². The summed E-state index contributed by atoms with van der Waals surface area (Å²) in [6.07, 6.45) is 1.23. The number of benzene rings is 1. The van der Waals surface area contributed by atoms with E-state index in [0.29, 0.717) is 11.3 Å². The van der Waals surface area contributed by atoms with Crippen LogP contribution < -0.4 is 5.32 Å². The summed E-state index contributed by atoms with van der Waals surface area (Å²) in [4.78, 5) is 14.9. The van der Waals surface area contributed by atoms with Crippen molar-refractivity contribution in [1.82, 2.24) is 4.98 Å². The smallest absolute Gasteiger partial charge is 0.337 e. The molecule has 98 valence electrons. The Hall–Kier alpha value is -2.14. The summed E-state index contributed by atoms with van der Waals surface area (Å²) in [5, 5.41) is 11.8. The summed E-state index contributed by atoms with van der Waals surface area (Å²) in [6, 6.07) is 5.90. The largest absolute Gasteiger partial charge is 0.478 e. The number of carboxylic acids is 1. The predicted octanol–water partition coefficient (Wildman–Crippen LogP) is 3.62. The van der Waals surface area contributed by atoms with E-state index in [0.717, 1.165) is 0 Å². The molecule has 1 aromatic heterocycles. The van der Waals surface area contributed by atoms with Crippen LogP contribution in [-0.4, -0.2) is 16.1 Å². The van der Waals surface area contributed by atoms with Crippen molar-refractivity contribution in [2.75, 3.05) is 5.32 Å². The second-order valence-electron chi connectivity index (χ2n) is 3.94. The third kappa shape index (κ3) is 3.00. The lowest BCUT2D eigenvalue weighted by atomic mass is 10.2. The normalized spacial score (nSPS) is 10.3. The lowest BCUT2D eigenvalue weighted by Crippen LogP contribution is -2.01. The fourth-order valence-electron chi connectivity index (χ4n) is 1.49. The van der Waals surface area contributed by atoms with E-state index in [4.69, 9.17) is 16.7 Å². The highest BCUT2D eigenvalue weighted by Crippen LogP contribution is 2.22. The van der Waals surface area contributed by atoms with Gasteiger partial charge in [-0.1, -0.05) is 17.7 Å². The van der Waals surface area contributed by atoms with Crippen LogP contribution in [0, 0.1) is 12.7 Å². The molecule has 0 radical (unpaired) electrons. The average molecular weight is 281 g/mol. The van der Waals surface area contributed by atoms with Gasteiger partial charge in [0.05, 0.1) is 10.6 Å². The molecule has 19 heavy (non-hydrogen) atoms. The van der Waals surface area contributed by atoms with E-state index in [-0.39, 0.29) is 22.2 Å². The zero-order valence-corrected chi connectivity index (χ0v) is 10.7. The maximum absolute atomic E-state index is 13.4. The molecule has 0 saturated heterocycles. The van der Waals surface area contributed by atoms with E-state index in [1.165, 1.54) is 18.3 Å². The molecule has 2 rings (SSSR count). The van der Waals surface area contributed by atoms with Crippen LogP contribution in [0.4, 0.5) is 15.9 Å². The van der Waals surface area contributed by atoms with Crippen LogP contribution in [-0.2, 0) is 0 Å². The summed E-state index contributed by atoms with van der Waals surface area (Å²) < 4.78 is 13.4. The lowest BCUT2D eigenvalue weighted by molar-refractivity contribution is 0.0697. The van der Waals surface area contributed by atoms with Gasteiger partial charge in [0.1, 0.15) is 11.6 Å². The standard InChI is InChI=1S/C13H10ClFN2O2/c1-7-2-3-8(4-11(7)15)17-12-5-9(13(18)19)10(14)6-16-12/h2-6H,1H3,(H,16,17)(H,18,19). The van der Waals surface area contributed by atoms with Crippen molar-refractivity contribution in [3.63, 3.8) is 0 Å². The Balaban J connectivity index is 2.30. The molecule has 0 fully saturated rings. The lowest BCUT2D eigenvalue weighted by Gasteiger charge is -2.08. The molecule has 0 unspecified atom stereocenters. The summed E-state index contributed by atoms with van der Waals surface area (Å²) in [5.74, 6) is -1.21. The molecule has 0 atom stereocenters. The number of nitrogens with zero attached hydrogens (tertiary/aromatic N) is 1. The van der Waals surface area contributed by atoms with Crippen molar-refractivity contribution in [3.8, 4) is 0 Å². The Kier molecular flexibility index (Phi) is 3.66. The first-order valence-corrected chi connectivity index (χ1v) is 5.77. The number of aromatic carboxylic acids is 1. The number of aromatic nitrogens is 1. The highest BCUT2D eigenvalue weighted by molar-refractivity contribution is 6.33. The van der Waals surface area contributed by atoms with Crippen LogP contribution in [0.2, 0.25) is 5.02 Å². The highest BCUT2D eigenvalue weighted by atomic mass is 35.5. The average Bonchev–Trinajstić information content (AvgIpc) is 2.36. The third-order valence-electron chi connectivity index (χ3n) is 2.53. The fourth-order valence-corrected chi connectivity index (χ4v) is 1.67. The Bertz CT molecular complexity index is 647. The summed E-state index contributed by atoms with van der Waals surface area (Å²) >= 11 is 5.71. The van der Waals surface area contributed by atoms with E-state index in [1.807, 2.05) is 0 Å². The summed E-state index contributed by atoms with van der Waals surface area (Å²) in [5.41, 5.74) is 0.946. The quantitative estimate of drug-likeness (QED) is 0.901. The molecule has 2 aromatic rings. The van der Waals surface area contributed by atoms with Crippen LogP contribution >= 0.6 is 11.6 Å². The molecule has 0 amide bonds. The molecule has 0 aliphatic rings. The van der Waals surface area contributed by atoms with Gasteiger partial charge in [-0.05, 0) is 30.7 Å². The van der Waals surface area contributed by atoms with Gasteiger partial charge in [0.15, 0.2) is 0 Å². The van der Waals surface area contributed by atoms with Gasteiger partial charge in [0, 0.05) is 11.9 Å². The maximum Gasteiger partial charge on any atom is 0.337 e. The minimum Gasteiger partial charge on any atom is -0.478 e. The van der Waals surface area contributed by atoms with E-state index >= 15 is 0 Å². The first kappa shape index (κ1) is 13.3.